The number of pyridine rings is 1. The van der Waals surface area contributed by atoms with E-state index in [2.05, 4.69) is 49.9 Å². The van der Waals surface area contributed by atoms with E-state index in [0.29, 0.717) is 11.8 Å². The average molecular weight is 338 g/mol. The highest BCUT2D eigenvalue weighted by Crippen LogP contribution is 2.45. The van der Waals surface area contributed by atoms with Gasteiger partial charge in [0.05, 0.1) is 11.1 Å². The van der Waals surface area contributed by atoms with E-state index in [-0.39, 0.29) is 0 Å². The van der Waals surface area contributed by atoms with Crippen LogP contribution in [0.15, 0.2) is 24.3 Å². The molecule has 134 valence electrons. The molecule has 0 amide bonds. The Morgan fingerprint density at radius 2 is 2.08 bits per heavy atom. The molecule has 1 aromatic heterocycles. The second-order valence-corrected chi connectivity index (χ2v) is 8.12. The Morgan fingerprint density at radius 1 is 1.24 bits per heavy atom. The van der Waals surface area contributed by atoms with Gasteiger partial charge in [0.2, 0.25) is 0 Å². The molecule has 0 radical (unpaired) electrons. The normalized spacial score (nSPS) is 29.2. The number of benzene rings is 1. The molecule has 0 spiro atoms. The molecule has 1 N–H and O–H groups in total. The van der Waals surface area contributed by atoms with Crippen molar-refractivity contribution in [1.82, 2.24) is 4.98 Å². The molecule has 1 saturated carbocycles. The lowest BCUT2D eigenvalue weighted by Crippen LogP contribution is -2.44. The number of aliphatic hydroxyl groups is 1. The predicted molar refractivity (Wildman–Crippen MR) is 104 cm³/mol. The summed E-state index contributed by atoms with van der Waals surface area (Å²) in [7, 11) is 0. The number of hydrogen-bond donors (Lipinski definition) is 1. The molecule has 4 rings (SSSR count). The Bertz CT molecular complexity index is 787. The van der Waals surface area contributed by atoms with E-state index in [0.717, 1.165) is 50.1 Å². The summed E-state index contributed by atoms with van der Waals surface area (Å²) < 4.78 is 0. The fourth-order valence-corrected chi connectivity index (χ4v) is 5.06. The molecule has 1 aliphatic heterocycles. The number of nitrogens with zero attached hydrogens (tertiary/aromatic N) is 2. The standard InChI is InChI=1S/C22H30N2O/c1-4-16-8-9-20-18(12-16)15(3)11-21(23-20)24-13-17-7-6-10-22(25,5-2)19(17)14-24/h8-9,11-12,17,19,25H,4-7,10,13-14H2,1-3H3/t17-,19+,22-/m0/s1. The molecule has 25 heavy (non-hydrogen) atoms. The van der Waals surface area contributed by atoms with E-state index < -0.39 is 5.60 Å². The number of fused-ring (bicyclic) bond motifs is 2. The topological polar surface area (TPSA) is 36.4 Å². The van der Waals surface area contributed by atoms with Crippen molar-refractivity contribution in [2.24, 2.45) is 11.8 Å². The van der Waals surface area contributed by atoms with Gasteiger partial charge in [-0.15, -0.1) is 0 Å². The third-order valence-corrected chi connectivity index (χ3v) is 6.73. The van der Waals surface area contributed by atoms with E-state index in [1.165, 1.54) is 22.9 Å². The van der Waals surface area contributed by atoms with Crippen LogP contribution in [0.3, 0.4) is 0 Å². The van der Waals surface area contributed by atoms with Crippen LogP contribution in [0.4, 0.5) is 5.82 Å². The van der Waals surface area contributed by atoms with Crippen molar-refractivity contribution in [3.05, 3.63) is 35.4 Å². The summed E-state index contributed by atoms with van der Waals surface area (Å²) in [4.78, 5) is 7.39. The Balaban J connectivity index is 1.66. The number of hydrogen-bond acceptors (Lipinski definition) is 3. The molecular formula is C22H30N2O. The fraction of sp³-hybridized carbons (Fsp3) is 0.591. The Labute approximate surface area is 151 Å². The summed E-state index contributed by atoms with van der Waals surface area (Å²) in [6, 6.07) is 8.87. The van der Waals surface area contributed by atoms with Gasteiger partial charge in [-0.1, -0.05) is 26.3 Å². The second-order valence-electron chi connectivity index (χ2n) is 8.12. The smallest absolute Gasteiger partial charge is 0.129 e. The highest BCUT2D eigenvalue weighted by Gasteiger charge is 2.48. The maximum Gasteiger partial charge on any atom is 0.129 e. The van der Waals surface area contributed by atoms with Gasteiger partial charge in [-0.3, -0.25) is 0 Å². The molecule has 2 heterocycles. The predicted octanol–water partition coefficient (Wildman–Crippen LogP) is 4.48. The van der Waals surface area contributed by atoms with Crippen molar-refractivity contribution in [1.29, 1.82) is 0 Å². The molecule has 1 aromatic carbocycles. The third kappa shape index (κ3) is 2.83. The first-order valence-electron chi connectivity index (χ1n) is 9.91. The first kappa shape index (κ1) is 16.8. The SMILES string of the molecule is CCc1ccc2nc(N3C[C@@H]4CCC[C@@](O)(CC)[C@@H]4C3)cc(C)c2c1. The van der Waals surface area contributed by atoms with Crippen LogP contribution in [-0.2, 0) is 6.42 Å². The summed E-state index contributed by atoms with van der Waals surface area (Å²) in [5.41, 5.74) is 3.29. The van der Waals surface area contributed by atoms with Gasteiger partial charge in [0, 0.05) is 24.4 Å². The van der Waals surface area contributed by atoms with Gasteiger partial charge in [0.25, 0.3) is 0 Å². The highest BCUT2D eigenvalue weighted by atomic mass is 16.3. The number of aryl methyl sites for hydroxylation is 2. The monoisotopic (exact) mass is 338 g/mol. The molecule has 3 nitrogen and oxygen atoms in total. The molecule has 1 saturated heterocycles. The molecule has 0 bridgehead atoms. The lowest BCUT2D eigenvalue weighted by Gasteiger charge is -2.40. The van der Waals surface area contributed by atoms with E-state index >= 15 is 0 Å². The van der Waals surface area contributed by atoms with Crippen LogP contribution >= 0.6 is 0 Å². The Morgan fingerprint density at radius 3 is 2.84 bits per heavy atom. The fourth-order valence-electron chi connectivity index (χ4n) is 5.06. The van der Waals surface area contributed by atoms with Gasteiger partial charge >= 0.3 is 0 Å². The van der Waals surface area contributed by atoms with Crippen LogP contribution < -0.4 is 4.90 Å². The largest absolute Gasteiger partial charge is 0.390 e. The van der Waals surface area contributed by atoms with Crippen molar-refractivity contribution >= 4 is 16.7 Å². The average Bonchev–Trinajstić information content (AvgIpc) is 3.07. The lowest BCUT2D eigenvalue weighted by molar-refractivity contribution is -0.0597. The van der Waals surface area contributed by atoms with Gasteiger partial charge in [-0.2, -0.15) is 0 Å². The molecule has 0 unspecified atom stereocenters. The van der Waals surface area contributed by atoms with Crippen LogP contribution in [0.2, 0.25) is 0 Å². The quantitative estimate of drug-likeness (QED) is 0.896. The molecular weight excluding hydrogens is 308 g/mol. The van der Waals surface area contributed by atoms with Crippen LogP contribution in [-0.4, -0.2) is 28.8 Å². The van der Waals surface area contributed by atoms with E-state index in [1.54, 1.807) is 0 Å². The van der Waals surface area contributed by atoms with Gasteiger partial charge in [-0.05, 0) is 67.9 Å². The van der Waals surface area contributed by atoms with Gasteiger partial charge in [0.1, 0.15) is 5.82 Å². The summed E-state index contributed by atoms with van der Waals surface area (Å²) in [6.07, 6.45) is 5.29. The highest BCUT2D eigenvalue weighted by molar-refractivity contribution is 5.84. The minimum Gasteiger partial charge on any atom is -0.390 e. The van der Waals surface area contributed by atoms with Crippen LogP contribution in [0.1, 0.15) is 50.7 Å². The Kier molecular flexibility index (Phi) is 4.23. The van der Waals surface area contributed by atoms with E-state index in [1.807, 2.05) is 0 Å². The molecule has 2 fully saturated rings. The van der Waals surface area contributed by atoms with Crippen molar-refractivity contribution in [2.75, 3.05) is 18.0 Å². The van der Waals surface area contributed by atoms with Crippen LogP contribution in [0.5, 0.6) is 0 Å². The molecule has 1 aliphatic carbocycles. The minimum absolute atomic E-state index is 0.395. The number of anilines is 1. The number of rotatable bonds is 3. The van der Waals surface area contributed by atoms with Crippen molar-refractivity contribution in [2.45, 2.75) is 58.5 Å². The van der Waals surface area contributed by atoms with Gasteiger partial charge < -0.3 is 10.0 Å². The van der Waals surface area contributed by atoms with Crippen molar-refractivity contribution in [3.8, 4) is 0 Å². The second kappa shape index (κ2) is 6.28. The zero-order valence-corrected chi connectivity index (χ0v) is 15.8. The first-order valence-corrected chi connectivity index (χ1v) is 9.91. The summed E-state index contributed by atoms with van der Waals surface area (Å²) in [6.45, 7) is 8.50. The third-order valence-electron chi connectivity index (χ3n) is 6.73. The summed E-state index contributed by atoms with van der Waals surface area (Å²) in [5.74, 6) is 2.09. The van der Waals surface area contributed by atoms with E-state index in [4.69, 9.17) is 4.98 Å². The Hall–Kier alpha value is -1.61. The number of aromatic nitrogens is 1. The molecule has 3 atom stereocenters. The van der Waals surface area contributed by atoms with Crippen molar-refractivity contribution in [3.63, 3.8) is 0 Å². The van der Waals surface area contributed by atoms with Crippen LogP contribution in [0, 0.1) is 18.8 Å². The minimum atomic E-state index is -0.473. The summed E-state index contributed by atoms with van der Waals surface area (Å²) >= 11 is 0. The van der Waals surface area contributed by atoms with Crippen molar-refractivity contribution < 1.29 is 5.11 Å². The van der Waals surface area contributed by atoms with Gasteiger partial charge in [-0.25, -0.2) is 4.98 Å². The zero-order chi connectivity index (χ0) is 17.6. The van der Waals surface area contributed by atoms with E-state index in [9.17, 15) is 5.11 Å². The maximum absolute atomic E-state index is 11.1. The molecule has 3 heteroatoms. The maximum atomic E-state index is 11.1. The molecule has 2 aliphatic rings. The summed E-state index contributed by atoms with van der Waals surface area (Å²) in [5, 5.41) is 12.3. The van der Waals surface area contributed by atoms with Crippen LogP contribution in [0.25, 0.3) is 10.9 Å². The first-order chi connectivity index (χ1) is 12.0. The lowest BCUT2D eigenvalue weighted by atomic mass is 9.69. The molecule has 2 aromatic rings. The van der Waals surface area contributed by atoms with Gasteiger partial charge in [0.15, 0.2) is 0 Å². The zero-order valence-electron chi connectivity index (χ0n) is 15.8.